The van der Waals surface area contributed by atoms with E-state index in [1.54, 1.807) is 16.4 Å². The standard InChI is InChI=1S/C20H26N2O3S2/c1-3-16-9-7-8-15(2)20(16)21-18(23)14-17-10-11-19(26-17)27(24,25)22-12-5-4-6-13-22/h7-11H,3-6,12-14H2,1-2H3,(H,21,23). The third kappa shape index (κ3) is 4.59. The van der Waals surface area contributed by atoms with Crippen LogP contribution in [0.25, 0.3) is 0 Å². The van der Waals surface area contributed by atoms with Crippen molar-refractivity contribution in [1.82, 2.24) is 4.31 Å². The number of para-hydroxylation sites is 1. The molecule has 5 nitrogen and oxygen atoms in total. The number of carbonyl (C=O) groups is 1. The van der Waals surface area contributed by atoms with Crippen molar-refractivity contribution < 1.29 is 13.2 Å². The van der Waals surface area contributed by atoms with Crippen LogP contribution in [0.5, 0.6) is 0 Å². The average molecular weight is 407 g/mol. The van der Waals surface area contributed by atoms with E-state index in [1.807, 2.05) is 25.1 Å². The Morgan fingerprint density at radius 2 is 1.89 bits per heavy atom. The molecule has 0 radical (unpaired) electrons. The highest BCUT2D eigenvalue weighted by molar-refractivity contribution is 7.91. The summed E-state index contributed by atoms with van der Waals surface area (Å²) in [5.41, 5.74) is 2.99. The molecule has 0 atom stereocenters. The summed E-state index contributed by atoms with van der Waals surface area (Å²) in [7, 11) is -3.43. The zero-order chi connectivity index (χ0) is 19.4. The maximum atomic E-state index is 12.7. The number of rotatable bonds is 6. The predicted molar refractivity (Wildman–Crippen MR) is 110 cm³/mol. The quantitative estimate of drug-likeness (QED) is 0.789. The van der Waals surface area contributed by atoms with Gasteiger partial charge in [-0.25, -0.2) is 8.42 Å². The van der Waals surface area contributed by atoms with E-state index in [0.717, 1.165) is 47.4 Å². The molecule has 1 amide bonds. The lowest BCUT2D eigenvalue weighted by Crippen LogP contribution is -2.35. The molecule has 7 heteroatoms. The van der Waals surface area contributed by atoms with Crippen molar-refractivity contribution in [2.24, 2.45) is 0 Å². The maximum Gasteiger partial charge on any atom is 0.252 e. The molecule has 1 saturated heterocycles. The highest BCUT2D eigenvalue weighted by Crippen LogP contribution is 2.28. The first kappa shape index (κ1) is 20.0. The van der Waals surface area contributed by atoms with E-state index in [2.05, 4.69) is 12.2 Å². The first-order valence-electron chi connectivity index (χ1n) is 9.39. The van der Waals surface area contributed by atoms with Gasteiger partial charge in [0.05, 0.1) is 6.42 Å². The molecule has 0 aliphatic carbocycles. The fourth-order valence-electron chi connectivity index (χ4n) is 3.37. The first-order valence-corrected chi connectivity index (χ1v) is 11.6. The second-order valence-electron chi connectivity index (χ2n) is 6.87. The lowest BCUT2D eigenvalue weighted by atomic mass is 10.1. The van der Waals surface area contributed by atoms with Gasteiger partial charge in [0, 0.05) is 23.7 Å². The zero-order valence-electron chi connectivity index (χ0n) is 15.8. The van der Waals surface area contributed by atoms with Crippen LogP contribution in [-0.2, 0) is 27.7 Å². The van der Waals surface area contributed by atoms with Crippen molar-refractivity contribution in [3.8, 4) is 0 Å². The molecule has 27 heavy (non-hydrogen) atoms. The predicted octanol–water partition coefficient (Wildman–Crippen LogP) is 3.97. The van der Waals surface area contributed by atoms with E-state index in [-0.39, 0.29) is 12.3 Å². The number of benzene rings is 1. The van der Waals surface area contributed by atoms with Gasteiger partial charge in [-0.05, 0) is 49.4 Å². The number of nitrogens with one attached hydrogen (secondary N) is 1. The second kappa shape index (κ2) is 8.54. The van der Waals surface area contributed by atoms with Crippen LogP contribution in [0.3, 0.4) is 0 Å². The number of aryl methyl sites for hydroxylation is 2. The number of piperidine rings is 1. The summed E-state index contributed by atoms with van der Waals surface area (Å²) in [4.78, 5) is 13.3. The topological polar surface area (TPSA) is 66.5 Å². The molecule has 1 aromatic carbocycles. The van der Waals surface area contributed by atoms with Crippen molar-refractivity contribution in [3.63, 3.8) is 0 Å². The summed E-state index contributed by atoms with van der Waals surface area (Å²) < 4.78 is 27.4. The summed E-state index contributed by atoms with van der Waals surface area (Å²) in [6, 6.07) is 9.35. The van der Waals surface area contributed by atoms with Gasteiger partial charge in [0.1, 0.15) is 4.21 Å². The Morgan fingerprint density at radius 3 is 2.59 bits per heavy atom. The van der Waals surface area contributed by atoms with E-state index >= 15 is 0 Å². The third-order valence-electron chi connectivity index (χ3n) is 4.89. The number of thiophene rings is 1. The molecule has 1 aliphatic rings. The van der Waals surface area contributed by atoms with E-state index in [0.29, 0.717) is 17.3 Å². The number of sulfonamides is 1. The number of nitrogens with zero attached hydrogens (tertiary/aromatic N) is 1. The molecular weight excluding hydrogens is 380 g/mol. The van der Waals surface area contributed by atoms with Gasteiger partial charge < -0.3 is 5.32 Å². The van der Waals surface area contributed by atoms with Gasteiger partial charge in [0.25, 0.3) is 10.0 Å². The van der Waals surface area contributed by atoms with Crippen LogP contribution >= 0.6 is 11.3 Å². The smallest absolute Gasteiger partial charge is 0.252 e. The second-order valence-corrected chi connectivity index (χ2v) is 10.2. The Morgan fingerprint density at radius 1 is 1.15 bits per heavy atom. The SMILES string of the molecule is CCc1cccc(C)c1NC(=O)Cc1ccc(S(=O)(=O)N2CCCCC2)s1. The van der Waals surface area contributed by atoms with Crippen molar-refractivity contribution in [2.75, 3.05) is 18.4 Å². The van der Waals surface area contributed by atoms with Crippen LogP contribution in [0.2, 0.25) is 0 Å². The molecule has 3 rings (SSSR count). The van der Waals surface area contributed by atoms with E-state index < -0.39 is 10.0 Å². The summed E-state index contributed by atoms with van der Waals surface area (Å²) in [6.45, 7) is 5.21. The van der Waals surface area contributed by atoms with Gasteiger partial charge in [-0.2, -0.15) is 4.31 Å². The van der Waals surface area contributed by atoms with Crippen LogP contribution in [0, 0.1) is 6.92 Å². The average Bonchev–Trinajstić information content (AvgIpc) is 3.13. The van der Waals surface area contributed by atoms with Crippen LogP contribution in [0.1, 0.15) is 42.2 Å². The van der Waals surface area contributed by atoms with Gasteiger partial charge >= 0.3 is 0 Å². The van der Waals surface area contributed by atoms with Crippen molar-refractivity contribution in [2.45, 2.75) is 50.2 Å². The first-order chi connectivity index (χ1) is 12.9. The molecule has 0 unspecified atom stereocenters. The minimum absolute atomic E-state index is 0.122. The Kier molecular flexibility index (Phi) is 6.34. The molecule has 1 N–H and O–H groups in total. The summed E-state index contributed by atoms with van der Waals surface area (Å²) >= 11 is 1.20. The van der Waals surface area contributed by atoms with Crippen molar-refractivity contribution in [1.29, 1.82) is 0 Å². The van der Waals surface area contributed by atoms with Gasteiger partial charge in [-0.15, -0.1) is 11.3 Å². The molecule has 1 aliphatic heterocycles. The highest BCUT2D eigenvalue weighted by Gasteiger charge is 2.27. The minimum atomic E-state index is -3.43. The Balaban J connectivity index is 1.70. The summed E-state index contributed by atoms with van der Waals surface area (Å²) in [6.07, 6.45) is 3.93. The van der Waals surface area contributed by atoms with Crippen LogP contribution in [0.15, 0.2) is 34.5 Å². The fourth-order valence-corrected chi connectivity index (χ4v) is 6.39. The van der Waals surface area contributed by atoms with Gasteiger partial charge in [-0.3, -0.25) is 4.79 Å². The molecule has 146 valence electrons. The minimum Gasteiger partial charge on any atom is -0.325 e. The van der Waals surface area contributed by atoms with Gasteiger partial charge in [0.2, 0.25) is 5.91 Å². The number of carbonyl (C=O) groups excluding carboxylic acids is 1. The summed E-state index contributed by atoms with van der Waals surface area (Å²) in [5.74, 6) is -0.122. The molecular formula is C20H26N2O3S2. The largest absolute Gasteiger partial charge is 0.325 e. The normalized spacial score (nSPS) is 15.6. The maximum absolute atomic E-state index is 12.7. The highest BCUT2D eigenvalue weighted by atomic mass is 32.2. The van der Waals surface area contributed by atoms with Gasteiger partial charge in [0.15, 0.2) is 0 Å². The number of hydrogen-bond acceptors (Lipinski definition) is 4. The lowest BCUT2D eigenvalue weighted by molar-refractivity contribution is -0.115. The Labute approximate surface area is 165 Å². The molecule has 2 heterocycles. The Hall–Kier alpha value is -1.70. The van der Waals surface area contributed by atoms with Crippen LogP contribution in [0.4, 0.5) is 5.69 Å². The fraction of sp³-hybridized carbons (Fsp3) is 0.450. The van der Waals surface area contributed by atoms with Crippen molar-refractivity contribution >= 4 is 33.0 Å². The zero-order valence-corrected chi connectivity index (χ0v) is 17.5. The number of amides is 1. The molecule has 0 spiro atoms. The monoisotopic (exact) mass is 406 g/mol. The van der Waals surface area contributed by atoms with Crippen LogP contribution < -0.4 is 5.32 Å². The third-order valence-corrected chi connectivity index (χ3v) is 8.34. The summed E-state index contributed by atoms with van der Waals surface area (Å²) in [5, 5.41) is 3.00. The molecule has 1 aromatic heterocycles. The molecule has 0 saturated carbocycles. The molecule has 2 aromatic rings. The Bertz CT molecular complexity index is 913. The van der Waals surface area contributed by atoms with E-state index in [1.165, 1.54) is 11.3 Å². The van der Waals surface area contributed by atoms with Gasteiger partial charge in [-0.1, -0.05) is 31.5 Å². The number of anilines is 1. The van der Waals surface area contributed by atoms with E-state index in [9.17, 15) is 13.2 Å². The number of hydrogen-bond donors (Lipinski definition) is 1. The lowest BCUT2D eigenvalue weighted by Gasteiger charge is -2.25. The van der Waals surface area contributed by atoms with Crippen molar-refractivity contribution in [3.05, 3.63) is 46.3 Å². The molecule has 0 bridgehead atoms. The molecule has 1 fully saturated rings. The van der Waals surface area contributed by atoms with E-state index in [4.69, 9.17) is 0 Å². The van der Waals surface area contributed by atoms with Crippen LogP contribution in [-0.4, -0.2) is 31.7 Å².